The Labute approximate surface area is 125 Å². The maximum atomic E-state index is 12.3. The summed E-state index contributed by atoms with van der Waals surface area (Å²) in [4.78, 5) is 14.4. The lowest BCUT2D eigenvalue weighted by Gasteiger charge is -2.22. The van der Waals surface area contributed by atoms with Crippen LogP contribution in [0.15, 0.2) is 48.5 Å². The van der Waals surface area contributed by atoms with Crippen LogP contribution in [-0.2, 0) is 0 Å². The second kappa shape index (κ2) is 6.58. The standard InChI is InChI=1S/C17H18ClNO/c1-3-19(16-6-4-5-13(2)11-16)12-17(20)14-7-9-15(18)10-8-14/h4-11H,3,12H2,1-2H3. The molecule has 0 fully saturated rings. The van der Waals surface area contributed by atoms with Crippen LogP contribution in [0, 0.1) is 6.92 Å². The summed E-state index contributed by atoms with van der Waals surface area (Å²) in [6, 6.07) is 15.2. The largest absolute Gasteiger partial charge is 0.364 e. The molecule has 0 unspecified atom stereocenters. The fourth-order valence-corrected chi connectivity index (χ4v) is 2.24. The van der Waals surface area contributed by atoms with E-state index in [9.17, 15) is 4.79 Å². The van der Waals surface area contributed by atoms with Crippen LogP contribution in [0.3, 0.4) is 0 Å². The maximum Gasteiger partial charge on any atom is 0.182 e. The highest BCUT2D eigenvalue weighted by Crippen LogP contribution is 2.17. The number of carbonyl (C=O) groups excluding carboxylic acids is 1. The molecule has 0 amide bonds. The molecule has 104 valence electrons. The van der Waals surface area contributed by atoms with Crippen LogP contribution >= 0.6 is 11.6 Å². The van der Waals surface area contributed by atoms with Crippen LogP contribution < -0.4 is 4.90 Å². The van der Waals surface area contributed by atoms with Gasteiger partial charge in [-0.15, -0.1) is 0 Å². The fourth-order valence-electron chi connectivity index (χ4n) is 2.11. The lowest BCUT2D eigenvalue weighted by Crippen LogP contribution is -2.29. The second-order valence-electron chi connectivity index (χ2n) is 4.78. The molecule has 20 heavy (non-hydrogen) atoms. The number of anilines is 1. The van der Waals surface area contributed by atoms with Crippen molar-refractivity contribution in [1.82, 2.24) is 0 Å². The minimum atomic E-state index is 0.102. The summed E-state index contributed by atoms with van der Waals surface area (Å²) in [5, 5.41) is 0.646. The zero-order chi connectivity index (χ0) is 14.5. The molecule has 2 aromatic rings. The first-order valence-electron chi connectivity index (χ1n) is 6.70. The molecule has 0 aliphatic heterocycles. The van der Waals surface area contributed by atoms with Gasteiger partial charge in [-0.05, 0) is 55.8 Å². The Morgan fingerprint density at radius 2 is 1.85 bits per heavy atom. The van der Waals surface area contributed by atoms with E-state index in [2.05, 4.69) is 30.9 Å². The van der Waals surface area contributed by atoms with Gasteiger partial charge in [0.2, 0.25) is 0 Å². The first kappa shape index (κ1) is 14.6. The Morgan fingerprint density at radius 3 is 2.45 bits per heavy atom. The topological polar surface area (TPSA) is 20.3 Å². The molecule has 2 rings (SSSR count). The molecule has 0 saturated carbocycles. The summed E-state index contributed by atoms with van der Waals surface area (Å²) in [6.07, 6.45) is 0. The zero-order valence-corrected chi connectivity index (χ0v) is 12.5. The van der Waals surface area contributed by atoms with Crippen LogP contribution in [0.4, 0.5) is 5.69 Å². The summed E-state index contributed by atoms with van der Waals surface area (Å²) in [7, 11) is 0. The summed E-state index contributed by atoms with van der Waals surface area (Å²) >= 11 is 5.84. The highest BCUT2D eigenvalue weighted by molar-refractivity contribution is 6.30. The number of carbonyl (C=O) groups is 1. The second-order valence-corrected chi connectivity index (χ2v) is 5.22. The van der Waals surface area contributed by atoms with Crippen LogP contribution in [-0.4, -0.2) is 18.9 Å². The van der Waals surface area contributed by atoms with Crippen molar-refractivity contribution in [3.63, 3.8) is 0 Å². The molecule has 0 atom stereocenters. The molecule has 0 heterocycles. The Balaban J connectivity index is 2.14. The molecule has 0 radical (unpaired) electrons. The van der Waals surface area contributed by atoms with Crippen molar-refractivity contribution in [2.45, 2.75) is 13.8 Å². The molecule has 3 heteroatoms. The highest BCUT2D eigenvalue weighted by Gasteiger charge is 2.12. The summed E-state index contributed by atoms with van der Waals surface area (Å²) in [6.45, 7) is 5.28. The van der Waals surface area contributed by atoms with Gasteiger partial charge in [0.1, 0.15) is 0 Å². The van der Waals surface area contributed by atoms with Gasteiger partial charge in [-0.3, -0.25) is 4.79 Å². The quantitative estimate of drug-likeness (QED) is 0.762. The first-order valence-corrected chi connectivity index (χ1v) is 7.08. The van der Waals surface area contributed by atoms with Crippen LogP contribution in [0.2, 0.25) is 5.02 Å². The normalized spacial score (nSPS) is 10.3. The number of hydrogen-bond acceptors (Lipinski definition) is 2. The van der Waals surface area contributed by atoms with Gasteiger partial charge in [0, 0.05) is 22.8 Å². The van der Waals surface area contributed by atoms with E-state index in [1.165, 1.54) is 5.56 Å². The van der Waals surface area contributed by atoms with Crippen molar-refractivity contribution in [1.29, 1.82) is 0 Å². The van der Waals surface area contributed by atoms with Crippen molar-refractivity contribution >= 4 is 23.1 Å². The highest BCUT2D eigenvalue weighted by atomic mass is 35.5. The number of rotatable bonds is 5. The average molecular weight is 288 g/mol. The molecule has 0 aliphatic rings. The minimum absolute atomic E-state index is 0.102. The van der Waals surface area contributed by atoms with Crippen molar-refractivity contribution in [3.8, 4) is 0 Å². The SMILES string of the molecule is CCN(CC(=O)c1ccc(Cl)cc1)c1cccc(C)c1. The lowest BCUT2D eigenvalue weighted by molar-refractivity contribution is 0.0999. The van der Waals surface area contributed by atoms with Gasteiger partial charge in [0.25, 0.3) is 0 Å². The van der Waals surface area contributed by atoms with E-state index in [1.807, 2.05) is 12.1 Å². The van der Waals surface area contributed by atoms with Crippen molar-refractivity contribution in [3.05, 3.63) is 64.7 Å². The third kappa shape index (κ3) is 3.61. The molecule has 2 nitrogen and oxygen atoms in total. The number of likely N-dealkylation sites (N-methyl/N-ethyl adjacent to an activating group) is 1. The first-order chi connectivity index (χ1) is 9.60. The van der Waals surface area contributed by atoms with Crippen molar-refractivity contribution in [2.75, 3.05) is 18.0 Å². The van der Waals surface area contributed by atoms with Crippen molar-refractivity contribution < 1.29 is 4.79 Å². The third-order valence-corrected chi connectivity index (χ3v) is 3.50. The predicted molar refractivity (Wildman–Crippen MR) is 84.8 cm³/mol. The number of benzene rings is 2. The molecular formula is C17H18ClNO. The van der Waals surface area contributed by atoms with Gasteiger partial charge in [-0.2, -0.15) is 0 Å². The predicted octanol–water partition coefficient (Wildman–Crippen LogP) is 4.36. The Hall–Kier alpha value is -1.80. The number of aryl methyl sites for hydroxylation is 1. The molecule has 2 aromatic carbocycles. The summed E-state index contributed by atoms with van der Waals surface area (Å²) < 4.78 is 0. The molecule has 0 aliphatic carbocycles. The number of hydrogen-bond donors (Lipinski definition) is 0. The van der Waals surface area contributed by atoms with Gasteiger partial charge >= 0.3 is 0 Å². The van der Waals surface area contributed by atoms with E-state index < -0.39 is 0 Å². The van der Waals surface area contributed by atoms with Crippen LogP contribution in [0.1, 0.15) is 22.8 Å². The maximum absolute atomic E-state index is 12.3. The summed E-state index contributed by atoms with van der Waals surface area (Å²) in [5.74, 6) is 0.102. The molecule has 0 aromatic heterocycles. The number of Topliss-reactive ketones (excluding diaryl/α,β-unsaturated/α-hetero) is 1. The Bertz CT molecular complexity index is 592. The van der Waals surface area contributed by atoms with E-state index in [-0.39, 0.29) is 5.78 Å². The Morgan fingerprint density at radius 1 is 1.15 bits per heavy atom. The number of ketones is 1. The van der Waals surface area contributed by atoms with E-state index in [4.69, 9.17) is 11.6 Å². The van der Waals surface area contributed by atoms with E-state index in [1.54, 1.807) is 24.3 Å². The molecular weight excluding hydrogens is 270 g/mol. The summed E-state index contributed by atoms with van der Waals surface area (Å²) in [5.41, 5.74) is 2.97. The average Bonchev–Trinajstić information content (AvgIpc) is 2.45. The van der Waals surface area contributed by atoms with Crippen LogP contribution in [0.25, 0.3) is 0 Å². The monoisotopic (exact) mass is 287 g/mol. The van der Waals surface area contributed by atoms with Crippen molar-refractivity contribution in [2.24, 2.45) is 0 Å². The van der Waals surface area contributed by atoms with E-state index >= 15 is 0 Å². The fraction of sp³-hybridized carbons (Fsp3) is 0.235. The third-order valence-electron chi connectivity index (χ3n) is 3.25. The minimum Gasteiger partial charge on any atom is -0.364 e. The smallest absolute Gasteiger partial charge is 0.182 e. The van der Waals surface area contributed by atoms with E-state index in [0.717, 1.165) is 12.2 Å². The number of halogens is 1. The molecule has 0 N–H and O–H groups in total. The van der Waals surface area contributed by atoms with Gasteiger partial charge in [-0.25, -0.2) is 0 Å². The lowest BCUT2D eigenvalue weighted by atomic mass is 10.1. The van der Waals surface area contributed by atoms with Gasteiger partial charge < -0.3 is 4.90 Å². The molecule has 0 saturated heterocycles. The van der Waals surface area contributed by atoms with Crippen LogP contribution in [0.5, 0.6) is 0 Å². The molecule has 0 spiro atoms. The van der Waals surface area contributed by atoms with Gasteiger partial charge in [0.15, 0.2) is 5.78 Å². The van der Waals surface area contributed by atoms with Gasteiger partial charge in [0.05, 0.1) is 6.54 Å². The Kier molecular flexibility index (Phi) is 4.80. The molecule has 0 bridgehead atoms. The van der Waals surface area contributed by atoms with Gasteiger partial charge in [-0.1, -0.05) is 23.7 Å². The van der Waals surface area contributed by atoms with E-state index in [0.29, 0.717) is 17.1 Å². The number of nitrogens with zero attached hydrogens (tertiary/aromatic N) is 1. The zero-order valence-electron chi connectivity index (χ0n) is 11.8.